The maximum Gasteiger partial charge on any atom is 0.338 e. The van der Waals surface area contributed by atoms with Crippen LogP contribution in [0.2, 0.25) is 0 Å². The largest absolute Gasteiger partial charge is 0.478 e. The molecule has 0 radical (unpaired) electrons. The Morgan fingerprint density at radius 1 is 0.677 bits per heavy atom. The van der Waals surface area contributed by atoms with Gasteiger partial charge in [0, 0.05) is 0 Å². The van der Waals surface area contributed by atoms with E-state index in [2.05, 4.69) is 0 Å². The van der Waals surface area contributed by atoms with Crippen LogP contribution in [0.3, 0.4) is 0 Å². The Kier molecular flexibility index (Phi) is 7.05. The van der Waals surface area contributed by atoms with Crippen molar-refractivity contribution in [2.45, 2.75) is 52.7 Å². The monoisotopic (exact) mass is 424 g/mol. The molecule has 0 spiro atoms. The van der Waals surface area contributed by atoms with Gasteiger partial charge in [0.15, 0.2) is 0 Å². The molecule has 0 aliphatic rings. The summed E-state index contributed by atoms with van der Waals surface area (Å²) in [5, 5.41) is 9.66. The van der Waals surface area contributed by atoms with Crippen LogP contribution >= 0.6 is 0 Å². The van der Waals surface area contributed by atoms with Gasteiger partial charge >= 0.3 is 17.9 Å². The van der Waals surface area contributed by atoms with Crippen molar-refractivity contribution in [3.63, 3.8) is 0 Å². The lowest BCUT2D eigenvalue weighted by Crippen LogP contribution is -2.23. The van der Waals surface area contributed by atoms with Gasteiger partial charge in [0.05, 0.1) is 16.7 Å². The lowest BCUT2D eigenvalue weighted by Gasteiger charge is -2.19. The average molecular weight is 424 g/mol. The summed E-state index contributed by atoms with van der Waals surface area (Å²) in [5.74, 6) is -2.03. The van der Waals surface area contributed by atoms with E-state index in [1.807, 2.05) is 0 Å². The van der Waals surface area contributed by atoms with E-state index in [4.69, 9.17) is 9.47 Å². The molecule has 31 heavy (non-hydrogen) atoms. The Morgan fingerprint density at radius 3 is 1.39 bits per heavy atom. The number of carboxylic acid groups (broad SMARTS) is 1. The van der Waals surface area contributed by atoms with Gasteiger partial charge in [-0.05, 0) is 83.0 Å². The van der Waals surface area contributed by atoms with Crippen LogP contribution in [0.1, 0.15) is 73.4 Å². The molecule has 2 aromatic carbocycles. The third-order valence-electron chi connectivity index (χ3n) is 3.92. The van der Waals surface area contributed by atoms with E-state index in [-0.39, 0.29) is 5.57 Å². The van der Waals surface area contributed by atoms with Crippen molar-refractivity contribution < 1.29 is 29.0 Å². The lowest BCUT2D eigenvalue weighted by molar-refractivity contribution is -0.130. The second kappa shape index (κ2) is 9.16. The highest BCUT2D eigenvalue weighted by molar-refractivity contribution is 6.20. The molecule has 0 bridgehead atoms. The fourth-order valence-corrected chi connectivity index (χ4v) is 2.61. The molecule has 0 aliphatic heterocycles. The molecule has 0 amide bonds. The maximum absolute atomic E-state index is 12.1. The summed E-state index contributed by atoms with van der Waals surface area (Å²) in [4.78, 5) is 36.1. The molecule has 0 heterocycles. The quantitative estimate of drug-likeness (QED) is 0.402. The number of aliphatic carboxylic acids is 1. The normalized spacial score (nSPS) is 12.3. The molecule has 1 N–H and O–H groups in total. The van der Waals surface area contributed by atoms with Gasteiger partial charge in [-0.15, -0.1) is 0 Å². The fourth-order valence-electron chi connectivity index (χ4n) is 2.61. The van der Waals surface area contributed by atoms with E-state index in [1.54, 1.807) is 77.9 Å². The molecule has 0 fully saturated rings. The summed E-state index contributed by atoms with van der Waals surface area (Å²) in [5.41, 5.74) is 0.610. The van der Waals surface area contributed by atoms with Crippen molar-refractivity contribution in [2.75, 3.05) is 0 Å². The molecular formula is C25H28O6. The van der Waals surface area contributed by atoms with Crippen LogP contribution in [0, 0.1) is 0 Å². The van der Waals surface area contributed by atoms with E-state index in [0.717, 1.165) is 0 Å². The van der Waals surface area contributed by atoms with Crippen molar-refractivity contribution >= 4 is 29.6 Å². The predicted molar refractivity (Wildman–Crippen MR) is 119 cm³/mol. The topological polar surface area (TPSA) is 89.9 Å². The number of carbonyl (C=O) groups excluding carboxylic acids is 2. The standard InChI is InChI=1S/C25H28O6/c1-24(2,3)30-22(28)18-9-7-16(8-10-18)15-20(21(26)27)17-11-13-19(14-12-17)23(29)31-25(4,5)6/h7-15H,1-6H3,(H,26,27)/b20-15+. The molecule has 0 aromatic heterocycles. The molecule has 164 valence electrons. The fraction of sp³-hybridized carbons (Fsp3) is 0.320. The van der Waals surface area contributed by atoms with Crippen molar-refractivity contribution in [3.05, 3.63) is 70.8 Å². The van der Waals surface area contributed by atoms with Gasteiger partial charge in [-0.3, -0.25) is 0 Å². The first-order chi connectivity index (χ1) is 14.2. The number of ether oxygens (including phenoxy) is 2. The molecule has 6 nitrogen and oxygen atoms in total. The summed E-state index contributed by atoms with van der Waals surface area (Å²) >= 11 is 0. The minimum absolute atomic E-state index is 0.0563. The van der Waals surface area contributed by atoms with Gasteiger partial charge in [-0.25, -0.2) is 14.4 Å². The molecule has 2 rings (SSSR count). The second-order valence-corrected chi connectivity index (χ2v) is 9.07. The van der Waals surface area contributed by atoms with E-state index < -0.39 is 29.1 Å². The van der Waals surface area contributed by atoms with Crippen LogP contribution in [-0.4, -0.2) is 34.2 Å². The smallest absolute Gasteiger partial charge is 0.338 e. The van der Waals surface area contributed by atoms with E-state index in [0.29, 0.717) is 22.3 Å². The van der Waals surface area contributed by atoms with Crippen molar-refractivity contribution in [2.24, 2.45) is 0 Å². The first-order valence-electron chi connectivity index (χ1n) is 9.87. The second-order valence-electron chi connectivity index (χ2n) is 9.07. The van der Waals surface area contributed by atoms with Gasteiger partial charge in [0.2, 0.25) is 0 Å². The van der Waals surface area contributed by atoms with Gasteiger partial charge in [0.1, 0.15) is 11.2 Å². The number of hydrogen-bond donors (Lipinski definition) is 1. The van der Waals surface area contributed by atoms with Gasteiger partial charge in [-0.1, -0.05) is 24.3 Å². The van der Waals surface area contributed by atoms with Gasteiger partial charge in [0.25, 0.3) is 0 Å². The molecular weight excluding hydrogens is 396 g/mol. The molecule has 6 heteroatoms. The van der Waals surface area contributed by atoms with E-state index >= 15 is 0 Å². The van der Waals surface area contributed by atoms with E-state index in [1.165, 1.54) is 18.2 Å². The van der Waals surface area contributed by atoms with Crippen molar-refractivity contribution in [3.8, 4) is 0 Å². The Morgan fingerprint density at radius 2 is 1.03 bits per heavy atom. The summed E-state index contributed by atoms with van der Waals surface area (Å²) in [7, 11) is 0. The Labute approximate surface area is 182 Å². The van der Waals surface area contributed by atoms with E-state index in [9.17, 15) is 19.5 Å². The van der Waals surface area contributed by atoms with Crippen LogP contribution < -0.4 is 0 Å². The molecule has 0 saturated heterocycles. The van der Waals surface area contributed by atoms with Gasteiger partial charge in [-0.2, -0.15) is 0 Å². The zero-order valence-corrected chi connectivity index (χ0v) is 18.7. The Hall–Kier alpha value is -3.41. The summed E-state index contributed by atoms with van der Waals surface area (Å²) < 4.78 is 10.6. The Bertz CT molecular complexity index is 984. The van der Waals surface area contributed by atoms with Crippen molar-refractivity contribution in [1.29, 1.82) is 0 Å². The summed E-state index contributed by atoms with van der Waals surface area (Å²) in [6.07, 6.45) is 1.50. The SMILES string of the molecule is CC(C)(C)OC(=O)c1ccc(/C=C(/C(=O)O)c2ccc(C(=O)OC(C)(C)C)cc2)cc1. The number of carbonyl (C=O) groups is 3. The first kappa shape index (κ1) is 23.9. The zero-order valence-electron chi connectivity index (χ0n) is 18.7. The highest BCUT2D eigenvalue weighted by Gasteiger charge is 2.19. The maximum atomic E-state index is 12.1. The first-order valence-corrected chi connectivity index (χ1v) is 9.87. The molecule has 0 aliphatic carbocycles. The van der Waals surface area contributed by atoms with Crippen molar-refractivity contribution in [1.82, 2.24) is 0 Å². The van der Waals surface area contributed by atoms with Crippen LogP contribution in [0.15, 0.2) is 48.5 Å². The lowest BCUT2D eigenvalue weighted by atomic mass is 10.0. The molecule has 0 atom stereocenters. The number of rotatable bonds is 5. The zero-order chi connectivity index (χ0) is 23.4. The predicted octanol–water partition coefficient (Wildman–Crippen LogP) is 5.22. The third-order valence-corrected chi connectivity index (χ3v) is 3.92. The van der Waals surface area contributed by atoms with Crippen LogP contribution in [0.25, 0.3) is 11.6 Å². The van der Waals surface area contributed by atoms with Crippen LogP contribution in [-0.2, 0) is 14.3 Å². The number of carboxylic acids is 1. The van der Waals surface area contributed by atoms with Gasteiger partial charge < -0.3 is 14.6 Å². The number of hydrogen-bond acceptors (Lipinski definition) is 5. The minimum atomic E-state index is -1.11. The Balaban J connectivity index is 2.25. The highest BCUT2D eigenvalue weighted by Crippen LogP contribution is 2.21. The molecule has 0 saturated carbocycles. The van der Waals surface area contributed by atoms with Crippen LogP contribution in [0.5, 0.6) is 0 Å². The third kappa shape index (κ3) is 7.41. The molecule has 2 aromatic rings. The average Bonchev–Trinajstić information content (AvgIpc) is 2.64. The number of esters is 2. The molecule has 0 unspecified atom stereocenters. The number of benzene rings is 2. The minimum Gasteiger partial charge on any atom is -0.478 e. The summed E-state index contributed by atoms with van der Waals surface area (Å²) in [6, 6.07) is 12.7. The van der Waals surface area contributed by atoms with Crippen LogP contribution in [0.4, 0.5) is 0 Å². The summed E-state index contributed by atoms with van der Waals surface area (Å²) in [6.45, 7) is 10.7. The highest BCUT2D eigenvalue weighted by atomic mass is 16.6.